The summed E-state index contributed by atoms with van der Waals surface area (Å²) in [5.74, 6) is -0.677. The zero-order valence-electron chi connectivity index (χ0n) is 14.0. The van der Waals surface area contributed by atoms with Crippen molar-refractivity contribution in [2.45, 2.75) is 38.1 Å². The first-order valence-electron chi connectivity index (χ1n) is 8.87. The SMILES string of the molecule is O=C1CCC(n2ccc3cc(N4CCCCC4)ccc3c2=O)C(=O)N1. The molecule has 2 aliphatic rings. The summed E-state index contributed by atoms with van der Waals surface area (Å²) in [5.41, 5.74) is 0.961. The third kappa shape index (κ3) is 2.92. The lowest BCUT2D eigenvalue weighted by Crippen LogP contribution is -2.44. The van der Waals surface area contributed by atoms with Crippen LogP contribution in [0.25, 0.3) is 10.8 Å². The number of fused-ring (bicyclic) bond motifs is 1. The van der Waals surface area contributed by atoms with E-state index in [1.54, 1.807) is 6.20 Å². The highest BCUT2D eigenvalue weighted by Crippen LogP contribution is 2.24. The van der Waals surface area contributed by atoms with Crippen molar-refractivity contribution in [2.24, 2.45) is 0 Å². The van der Waals surface area contributed by atoms with E-state index in [1.165, 1.54) is 23.8 Å². The molecule has 2 saturated heterocycles. The van der Waals surface area contributed by atoms with Gasteiger partial charge in [0.15, 0.2) is 0 Å². The molecule has 3 heterocycles. The number of amides is 2. The predicted octanol–water partition coefficient (Wildman–Crippen LogP) is 1.97. The molecule has 0 bridgehead atoms. The van der Waals surface area contributed by atoms with Crippen molar-refractivity contribution in [2.75, 3.05) is 18.0 Å². The van der Waals surface area contributed by atoms with Crippen molar-refractivity contribution in [3.8, 4) is 0 Å². The fourth-order valence-electron chi connectivity index (χ4n) is 3.79. The Bertz CT molecular complexity index is 896. The van der Waals surface area contributed by atoms with E-state index in [0.29, 0.717) is 11.8 Å². The fraction of sp³-hybridized carbons (Fsp3) is 0.421. The van der Waals surface area contributed by atoms with Gasteiger partial charge in [-0.15, -0.1) is 0 Å². The van der Waals surface area contributed by atoms with Gasteiger partial charge in [-0.2, -0.15) is 0 Å². The van der Waals surface area contributed by atoms with Gasteiger partial charge in [-0.3, -0.25) is 19.7 Å². The van der Waals surface area contributed by atoms with Gasteiger partial charge in [0.25, 0.3) is 5.56 Å². The molecule has 1 aromatic heterocycles. The van der Waals surface area contributed by atoms with E-state index in [9.17, 15) is 14.4 Å². The molecule has 6 heteroatoms. The van der Waals surface area contributed by atoms with Gasteiger partial charge in [-0.1, -0.05) is 0 Å². The number of anilines is 1. The highest BCUT2D eigenvalue weighted by atomic mass is 16.2. The Hall–Kier alpha value is -2.63. The van der Waals surface area contributed by atoms with Gasteiger partial charge in [0.1, 0.15) is 6.04 Å². The normalized spacial score (nSPS) is 21.4. The topological polar surface area (TPSA) is 71.4 Å². The average molecular weight is 339 g/mol. The molecule has 1 atom stereocenters. The average Bonchev–Trinajstić information content (AvgIpc) is 2.63. The van der Waals surface area contributed by atoms with Gasteiger partial charge in [0, 0.05) is 36.8 Å². The Morgan fingerprint density at radius 1 is 1.00 bits per heavy atom. The summed E-state index contributed by atoms with van der Waals surface area (Å²) in [6.45, 7) is 2.11. The molecule has 0 spiro atoms. The summed E-state index contributed by atoms with van der Waals surface area (Å²) in [4.78, 5) is 38.5. The third-order valence-corrected chi connectivity index (χ3v) is 5.18. The summed E-state index contributed by atoms with van der Waals surface area (Å²) in [6.07, 6.45) is 5.98. The number of pyridine rings is 1. The van der Waals surface area contributed by atoms with Gasteiger partial charge in [-0.05, 0) is 55.3 Å². The Kier molecular flexibility index (Phi) is 4.03. The van der Waals surface area contributed by atoms with Crippen LogP contribution in [0, 0.1) is 0 Å². The number of carbonyl (C=O) groups excluding carboxylic acids is 2. The third-order valence-electron chi connectivity index (χ3n) is 5.18. The first-order chi connectivity index (χ1) is 12.1. The lowest BCUT2D eigenvalue weighted by atomic mass is 10.0. The molecule has 2 fully saturated rings. The summed E-state index contributed by atoms with van der Waals surface area (Å²) >= 11 is 0. The molecule has 4 rings (SSSR count). The zero-order chi connectivity index (χ0) is 17.4. The van der Waals surface area contributed by atoms with Gasteiger partial charge < -0.3 is 9.47 Å². The van der Waals surface area contributed by atoms with Gasteiger partial charge in [0.05, 0.1) is 0 Å². The molecule has 0 aliphatic carbocycles. The zero-order valence-corrected chi connectivity index (χ0v) is 14.0. The van der Waals surface area contributed by atoms with Gasteiger partial charge >= 0.3 is 0 Å². The molecule has 0 saturated carbocycles. The van der Waals surface area contributed by atoms with Crippen LogP contribution in [0.3, 0.4) is 0 Å². The number of nitrogens with one attached hydrogen (secondary N) is 1. The minimum absolute atomic E-state index is 0.183. The first-order valence-corrected chi connectivity index (χ1v) is 8.87. The smallest absolute Gasteiger partial charge is 0.259 e. The number of carbonyl (C=O) groups is 2. The molecule has 2 aromatic rings. The molecular formula is C19H21N3O3. The van der Waals surface area contributed by atoms with Crippen LogP contribution in [0.5, 0.6) is 0 Å². The molecule has 2 aliphatic heterocycles. The number of hydrogen-bond donors (Lipinski definition) is 1. The maximum Gasteiger partial charge on any atom is 0.259 e. The Labute approximate surface area is 145 Å². The summed E-state index contributed by atoms with van der Waals surface area (Å²) in [7, 11) is 0. The van der Waals surface area contributed by atoms with Crippen molar-refractivity contribution in [1.29, 1.82) is 0 Å². The van der Waals surface area contributed by atoms with E-state index >= 15 is 0 Å². The molecular weight excluding hydrogens is 318 g/mol. The van der Waals surface area contributed by atoms with Crippen molar-refractivity contribution in [3.63, 3.8) is 0 Å². The number of hydrogen-bond acceptors (Lipinski definition) is 4. The van der Waals surface area contributed by atoms with Crippen LogP contribution in [-0.4, -0.2) is 29.5 Å². The maximum absolute atomic E-state index is 12.8. The summed E-state index contributed by atoms with van der Waals surface area (Å²) in [6, 6.07) is 7.16. The van der Waals surface area contributed by atoms with E-state index in [4.69, 9.17) is 0 Å². The van der Waals surface area contributed by atoms with Crippen molar-refractivity contribution in [3.05, 3.63) is 40.8 Å². The largest absolute Gasteiger partial charge is 0.372 e. The molecule has 1 N–H and O–H groups in total. The lowest BCUT2D eigenvalue weighted by Gasteiger charge is -2.29. The predicted molar refractivity (Wildman–Crippen MR) is 95.7 cm³/mol. The Balaban J connectivity index is 1.70. The molecule has 1 aromatic carbocycles. The van der Waals surface area contributed by atoms with Crippen LogP contribution in [0.2, 0.25) is 0 Å². The Morgan fingerprint density at radius 2 is 1.80 bits per heavy atom. The Morgan fingerprint density at radius 3 is 2.56 bits per heavy atom. The fourth-order valence-corrected chi connectivity index (χ4v) is 3.79. The number of aromatic nitrogens is 1. The highest BCUT2D eigenvalue weighted by Gasteiger charge is 2.28. The van der Waals surface area contributed by atoms with Crippen molar-refractivity contribution in [1.82, 2.24) is 9.88 Å². The first kappa shape index (κ1) is 15.9. The van der Waals surface area contributed by atoms with E-state index < -0.39 is 11.9 Å². The number of piperidine rings is 2. The molecule has 25 heavy (non-hydrogen) atoms. The van der Waals surface area contributed by atoms with E-state index in [-0.39, 0.29) is 17.9 Å². The minimum Gasteiger partial charge on any atom is -0.372 e. The second-order valence-corrected chi connectivity index (χ2v) is 6.81. The van der Waals surface area contributed by atoms with E-state index in [2.05, 4.69) is 16.3 Å². The number of benzene rings is 1. The van der Waals surface area contributed by atoms with Crippen LogP contribution in [-0.2, 0) is 9.59 Å². The monoisotopic (exact) mass is 339 g/mol. The van der Waals surface area contributed by atoms with Crippen LogP contribution in [0.1, 0.15) is 38.1 Å². The minimum atomic E-state index is -0.614. The van der Waals surface area contributed by atoms with Gasteiger partial charge in [-0.25, -0.2) is 0 Å². The van der Waals surface area contributed by atoms with Crippen molar-refractivity contribution >= 4 is 28.3 Å². The number of rotatable bonds is 2. The molecule has 1 unspecified atom stereocenters. The lowest BCUT2D eigenvalue weighted by molar-refractivity contribution is -0.135. The second-order valence-electron chi connectivity index (χ2n) is 6.81. The molecule has 6 nitrogen and oxygen atoms in total. The second kappa shape index (κ2) is 6.35. The highest BCUT2D eigenvalue weighted by molar-refractivity contribution is 5.99. The molecule has 2 amide bonds. The maximum atomic E-state index is 12.8. The number of imide groups is 1. The van der Waals surface area contributed by atoms with E-state index in [1.807, 2.05) is 18.2 Å². The van der Waals surface area contributed by atoms with Crippen LogP contribution in [0.4, 0.5) is 5.69 Å². The molecule has 130 valence electrons. The van der Waals surface area contributed by atoms with Crippen LogP contribution < -0.4 is 15.8 Å². The molecule has 0 radical (unpaired) electrons. The van der Waals surface area contributed by atoms with Gasteiger partial charge in [0.2, 0.25) is 11.8 Å². The standard InChI is InChI=1S/C19H21N3O3/c23-17-7-6-16(18(24)20-17)22-11-8-13-12-14(4-5-15(13)19(22)25)21-9-2-1-3-10-21/h4-5,8,11-12,16H,1-3,6-7,9-10H2,(H,20,23,24). The summed E-state index contributed by atoms with van der Waals surface area (Å²) in [5, 5.41) is 3.80. The quantitative estimate of drug-likeness (QED) is 0.849. The van der Waals surface area contributed by atoms with Crippen LogP contribution >= 0.6 is 0 Å². The van der Waals surface area contributed by atoms with E-state index in [0.717, 1.165) is 24.2 Å². The van der Waals surface area contributed by atoms with Crippen LogP contribution in [0.15, 0.2) is 35.3 Å². The number of nitrogens with zero attached hydrogens (tertiary/aromatic N) is 2. The van der Waals surface area contributed by atoms with Crippen molar-refractivity contribution < 1.29 is 9.59 Å². The summed E-state index contributed by atoms with van der Waals surface area (Å²) < 4.78 is 1.45.